The fraction of sp³-hybridized carbons (Fsp3) is 0.150. The van der Waals surface area contributed by atoms with Crippen molar-refractivity contribution in [3.05, 3.63) is 63.6 Å². The number of urea groups is 1. The normalized spacial score (nSPS) is 16.0. The first-order valence-corrected chi connectivity index (χ1v) is 9.15. The number of barbiturate groups is 1. The number of benzene rings is 2. The first kappa shape index (κ1) is 19.9. The summed E-state index contributed by atoms with van der Waals surface area (Å²) in [7, 11) is 0. The van der Waals surface area contributed by atoms with Gasteiger partial charge in [-0.3, -0.25) is 14.9 Å². The van der Waals surface area contributed by atoms with Crippen LogP contribution in [0.1, 0.15) is 19.4 Å². The molecule has 1 N–H and O–H groups in total. The van der Waals surface area contributed by atoms with Crippen molar-refractivity contribution in [2.75, 3.05) is 4.90 Å². The number of nitrogens with one attached hydrogen (secondary N) is 1. The molecule has 0 radical (unpaired) electrons. The number of anilines is 1. The number of amides is 4. The van der Waals surface area contributed by atoms with Gasteiger partial charge in [0.05, 0.1) is 21.8 Å². The van der Waals surface area contributed by atoms with Crippen molar-refractivity contribution in [1.29, 1.82) is 0 Å². The quantitative estimate of drug-likeness (QED) is 0.587. The van der Waals surface area contributed by atoms with Crippen LogP contribution in [0, 0.1) is 0 Å². The zero-order chi connectivity index (χ0) is 20.4. The Bertz CT molecular complexity index is 984. The number of halogens is 2. The minimum atomic E-state index is -0.855. The molecule has 1 aliphatic heterocycles. The van der Waals surface area contributed by atoms with Crippen molar-refractivity contribution in [2.45, 2.75) is 20.0 Å². The molecule has 0 spiro atoms. The minimum Gasteiger partial charge on any atom is -0.491 e. The topological polar surface area (TPSA) is 75.7 Å². The molecule has 3 rings (SSSR count). The molecular weight excluding hydrogens is 403 g/mol. The summed E-state index contributed by atoms with van der Waals surface area (Å²) in [6.07, 6.45) is 1.44. The van der Waals surface area contributed by atoms with Crippen LogP contribution in [0.3, 0.4) is 0 Å². The molecule has 144 valence electrons. The molecule has 0 bridgehead atoms. The highest BCUT2D eigenvalue weighted by molar-refractivity contribution is 6.43. The van der Waals surface area contributed by atoms with E-state index in [1.165, 1.54) is 24.3 Å². The molecule has 1 saturated heterocycles. The summed E-state index contributed by atoms with van der Waals surface area (Å²) >= 11 is 11.9. The third-order valence-corrected chi connectivity index (χ3v) is 4.56. The Morgan fingerprint density at radius 3 is 2.29 bits per heavy atom. The van der Waals surface area contributed by atoms with Gasteiger partial charge in [0.15, 0.2) is 0 Å². The molecule has 6 nitrogen and oxygen atoms in total. The van der Waals surface area contributed by atoms with E-state index in [0.717, 1.165) is 4.90 Å². The Balaban J connectivity index is 1.93. The average Bonchev–Trinajstić information content (AvgIpc) is 2.62. The summed E-state index contributed by atoms with van der Waals surface area (Å²) in [5.74, 6) is -0.854. The first-order valence-electron chi connectivity index (χ1n) is 8.39. The lowest BCUT2D eigenvalue weighted by molar-refractivity contribution is -0.122. The summed E-state index contributed by atoms with van der Waals surface area (Å²) in [6, 6.07) is 10.4. The van der Waals surface area contributed by atoms with E-state index in [0.29, 0.717) is 11.3 Å². The third kappa shape index (κ3) is 4.18. The van der Waals surface area contributed by atoms with Gasteiger partial charge in [-0.05, 0) is 55.8 Å². The highest BCUT2D eigenvalue weighted by Crippen LogP contribution is 2.29. The SMILES string of the molecule is CC(C)Oc1ccc(/C=C2\C(=O)NC(=O)N(c3ccc(Cl)c(Cl)c3)C2=O)cc1. The molecule has 0 unspecified atom stereocenters. The first-order chi connectivity index (χ1) is 13.3. The average molecular weight is 419 g/mol. The highest BCUT2D eigenvalue weighted by atomic mass is 35.5. The van der Waals surface area contributed by atoms with E-state index in [2.05, 4.69) is 5.32 Å². The van der Waals surface area contributed by atoms with Gasteiger partial charge < -0.3 is 4.74 Å². The molecule has 0 aliphatic carbocycles. The standard InChI is InChI=1S/C20H16Cl2N2O4/c1-11(2)28-14-6-3-12(4-7-14)9-15-18(25)23-20(27)24(19(15)26)13-5-8-16(21)17(22)10-13/h3-11H,1-2H3,(H,23,25,27)/b15-9+. The van der Waals surface area contributed by atoms with E-state index in [4.69, 9.17) is 27.9 Å². The fourth-order valence-electron chi connectivity index (χ4n) is 2.60. The lowest BCUT2D eigenvalue weighted by Gasteiger charge is -2.26. The summed E-state index contributed by atoms with van der Waals surface area (Å²) < 4.78 is 5.57. The zero-order valence-corrected chi connectivity index (χ0v) is 16.5. The Labute approximate surface area is 171 Å². The van der Waals surface area contributed by atoms with Crippen LogP contribution >= 0.6 is 23.2 Å². The summed E-state index contributed by atoms with van der Waals surface area (Å²) in [6.45, 7) is 3.82. The van der Waals surface area contributed by atoms with Gasteiger partial charge in [0.1, 0.15) is 11.3 Å². The van der Waals surface area contributed by atoms with E-state index in [1.54, 1.807) is 24.3 Å². The lowest BCUT2D eigenvalue weighted by Crippen LogP contribution is -2.54. The minimum absolute atomic E-state index is 0.0284. The van der Waals surface area contributed by atoms with Gasteiger partial charge in [0.25, 0.3) is 11.8 Å². The van der Waals surface area contributed by atoms with Gasteiger partial charge in [0.2, 0.25) is 0 Å². The van der Waals surface area contributed by atoms with E-state index < -0.39 is 17.8 Å². The predicted molar refractivity (Wildman–Crippen MR) is 108 cm³/mol. The third-order valence-electron chi connectivity index (χ3n) is 3.83. The van der Waals surface area contributed by atoms with Gasteiger partial charge in [-0.2, -0.15) is 0 Å². The van der Waals surface area contributed by atoms with Gasteiger partial charge in [-0.25, -0.2) is 9.69 Å². The number of hydrogen-bond donors (Lipinski definition) is 1. The van der Waals surface area contributed by atoms with Crippen LogP contribution in [-0.4, -0.2) is 23.9 Å². The van der Waals surface area contributed by atoms with Crippen LogP contribution in [0.25, 0.3) is 6.08 Å². The number of rotatable bonds is 4. The molecule has 0 aromatic heterocycles. The molecule has 1 fully saturated rings. The molecule has 2 aromatic rings. The Morgan fingerprint density at radius 2 is 1.68 bits per heavy atom. The van der Waals surface area contributed by atoms with Gasteiger partial charge in [-0.1, -0.05) is 35.3 Å². The number of imide groups is 2. The number of carbonyl (C=O) groups excluding carboxylic acids is 3. The molecule has 1 aliphatic rings. The van der Waals surface area contributed by atoms with Gasteiger partial charge in [0, 0.05) is 0 Å². The maximum Gasteiger partial charge on any atom is 0.335 e. The molecule has 2 aromatic carbocycles. The van der Waals surface area contributed by atoms with Crippen molar-refractivity contribution in [1.82, 2.24) is 5.32 Å². The smallest absolute Gasteiger partial charge is 0.335 e. The van der Waals surface area contributed by atoms with Crippen LogP contribution < -0.4 is 15.0 Å². The molecule has 28 heavy (non-hydrogen) atoms. The molecular formula is C20H16Cl2N2O4. The predicted octanol–water partition coefficient (Wildman–Crippen LogP) is 4.45. The largest absolute Gasteiger partial charge is 0.491 e. The number of nitrogens with zero attached hydrogens (tertiary/aromatic N) is 1. The number of hydrogen-bond acceptors (Lipinski definition) is 4. The zero-order valence-electron chi connectivity index (χ0n) is 15.0. The summed E-state index contributed by atoms with van der Waals surface area (Å²) in [5, 5.41) is 2.62. The van der Waals surface area contributed by atoms with Gasteiger partial charge in [-0.15, -0.1) is 0 Å². The second-order valence-corrected chi connectivity index (χ2v) is 7.11. The van der Waals surface area contributed by atoms with E-state index in [-0.39, 0.29) is 27.4 Å². The molecule has 0 atom stereocenters. The van der Waals surface area contributed by atoms with E-state index >= 15 is 0 Å². The Morgan fingerprint density at radius 1 is 1.00 bits per heavy atom. The summed E-state index contributed by atoms with van der Waals surface area (Å²) in [5.41, 5.74) is 0.636. The number of ether oxygens (including phenoxy) is 1. The Kier molecular flexibility index (Phi) is 5.72. The molecule has 8 heteroatoms. The fourth-order valence-corrected chi connectivity index (χ4v) is 2.89. The van der Waals surface area contributed by atoms with Gasteiger partial charge >= 0.3 is 6.03 Å². The van der Waals surface area contributed by atoms with E-state index in [1.807, 2.05) is 13.8 Å². The second kappa shape index (κ2) is 8.04. The molecule has 0 saturated carbocycles. The Hall–Kier alpha value is -2.83. The van der Waals surface area contributed by atoms with Crippen molar-refractivity contribution in [2.24, 2.45) is 0 Å². The van der Waals surface area contributed by atoms with Crippen LogP contribution in [0.2, 0.25) is 10.0 Å². The summed E-state index contributed by atoms with van der Waals surface area (Å²) in [4.78, 5) is 38.1. The maximum atomic E-state index is 12.8. The number of carbonyl (C=O) groups is 3. The van der Waals surface area contributed by atoms with Crippen molar-refractivity contribution >= 4 is 52.8 Å². The van der Waals surface area contributed by atoms with Crippen molar-refractivity contribution in [3.63, 3.8) is 0 Å². The van der Waals surface area contributed by atoms with Crippen molar-refractivity contribution < 1.29 is 19.1 Å². The van der Waals surface area contributed by atoms with Crippen LogP contribution in [0.5, 0.6) is 5.75 Å². The van der Waals surface area contributed by atoms with Crippen molar-refractivity contribution in [3.8, 4) is 5.75 Å². The van der Waals surface area contributed by atoms with Crippen LogP contribution in [0.15, 0.2) is 48.0 Å². The highest BCUT2D eigenvalue weighted by Gasteiger charge is 2.37. The monoisotopic (exact) mass is 418 g/mol. The molecule has 1 heterocycles. The van der Waals surface area contributed by atoms with Crippen LogP contribution in [0.4, 0.5) is 10.5 Å². The lowest BCUT2D eigenvalue weighted by atomic mass is 10.1. The second-order valence-electron chi connectivity index (χ2n) is 6.29. The maximum absolute atomic E-state index is 12.8. The van der Waals surface area contributed by atoms with Crippen LogP contribution in [-0.2, 0) is 9.59 Å². The van der Waals surface area contributed by atoms with E-state index in [9.17, 15) is 14.4 Å². The molecule has 4 amide bonds.